The van der Waals surface area contributed by atoms with Crippen LogP contribution in [0.2, 0.25) is 5.02 Å². The molecule has 5 heteroatoms. The van der Waals surface area contributed by atoms with Crippen LogP contribution in [0.4, 0.5) is 0 Å². The first-order valence-corrected chi connectivity index (χ1v) is 7.63. The SMILES string of the molecule is CSCCn1c(C(C)Cl)nc2cccc(Cl)c21. The molecule has 0 spiro atoms. The number of imidazole rings is 1. The van der Waals surface area contributed by atoms with E-state index in [9.17, 15) is 0 Å². The Morgan fingerprint density at radius 1 is 1.47 bits per heavy atom. The summed E-state index contributed by atoms with van der Waals surface area (Å²) in [5.74, 6) is 1.91. The lowest BCUT2D eigenvalue weighted by Gasteiger charge is -2.10. The molecule has 2 aromatic rings. The molecule has 0 bridgehead atoms. The quantitative estimate of drug-likeness (QED) is 0.779. The largest absolute Gasteiger partial charge is 0.325 e. The maximum atomic E-state index is 6.25. The summed E-state index contributed by atoms with van der Waals surface area (Å²) in [6.07, 6.45) is 2.09. The van der Waals surface area contributed by atoms with Crippen molar-refractivity contribution in [2.75, 3.05) is 12.0 Å². The molecule has 1 unspecified atom stereocenters. The van der Waals surface area contributed by atoms with E-state index < -0.39 is 0 Å². The highest BCUT2D eigenvalue weighted by molar-refractivity contribution is 7.98. The maximum absolute atomic E-state index is 6.25. The second-order valence-corrected chi connectivity index (χ2v) is 5.89. The van der Waals surface area contributed by atoms with Crippen molar-refractivity contribution in [3.8, 4) is 0 Å². The summed E-state index contributed by atoms with van der Waals surface area (Å²) in [5, 5.41) is 0.625. The molecule has 1 atom stereocenters. The first kappa shape index (κ1) is 13.1. The fourth-order valence-electron chi connectivity index (χ4n) is 1.87. The first-order valence-electron chi connectivity index (χ1n) is 5.42. The average Bonchev–Trinajstić information content (AvgIpc) is 2.66. The molecule has 92 valence electrons. The van der Waals surface area contributed by atoms with Crippen LogP contribution in [0.3, 0.4) is 0 Å². The number of aromatic nitrogens is 2. The molecule has 1 aromatic heterocycles. The fourth-order valence-corrected chi connectivity index (χ4v) is 2.68. The van der Waals surface area contributed by atoms with Crippen molar-refractivity contribution in [1.29, 1.82) is 0 Å². The Bertz CT molecular complexity index is 522. The molecular formula is C12H14Cl2N2S. The van der Waals surface area contributed by atoms with Gasteiger partial charge in [-0.3, -0.25) is 0 Å². The highest BCUT2D eigenvalue weighted by atomic mass is 35.5. The van der Waals surface area contributed by atoms with Gasteiger partial charge < -0.3 is 4.57 Å². The van der Waals surface area contributed by atoms with E-state index in [1.165, 1.54) is 0 Å². The van der Waals surface area contributed by atoms with Gasteiger partial charge in [0.1, 0.15) is 5.82 Å². The van der Waals surface area contributed by atoms with E-state index in [4.69, 9.17) is 23.2 Å². The van der Waals surface area contributed by atoms with Gasteiger partial charge in [-0.1, -0.05) is 17.7 Å². The van der Waals surface area contributed by atoms with Crippen LogP contribution in [-0.2, 0) is 6.54 Å². The molecule has 0 amide bonds. The fraction of sp³-hybridized carbons (Fsp3) is 0.417. The number of fused-ring (bicyclic) bond motifs is 1. The molecule has 0 N–H and O–H groups in total. The van der Waals surface area contributed by atoms with Crippen LogP contribution in [0.5, 0.6) is 0 Å². The van der Waals surface area contributed by atoms with E-state index in [-0.39, 0.29) is 5.38 Å². The monoisotopic (exact) mass is 288 g/mol. The van der Waals surface area contributed by atoms with Crippen LogP contribution >= 0.6 is 35.0 Å². The minimum absolute atomic E-state index is 0.111. The molecule has 1 aromatic carbocycles. The summed E-state index contributed by atoms with van der Waals surface area (Å²) in [6, 6.07) is 5.78. The van der Waals surface area contributed by atoms with Crippen molar-refractivity contribution < 1.29 is 0 Å². The van der Waals surface area contributed by atoms with Crippen molar-refractivity contribution in [1.82, 2.24) is 9.55 Å². The smallest absolute Gasteiger partial charge is 0.127 e. The number of para-hydroxylation sites is 1. The lowest BCUT2D eigenvalue weighted by atomic mass is 10.3. The molecule has 17 heavy (non-hydrogen) atoms. The third-order valence-corrected chi connectivity index (χ3v) is 3.71. The number of thioether (sulfide) groups is 1. The van der Waals surface area contributed by atoms with Crippen molar-refractivity contribution >= 4 is 46.0 Å². The van der Waals surface area contributed by atoms with Gasteiger partial charge in [-0.15, -0.1) is 11.6 Å². The van der Waals surface area contributed by atoms with Gasteiger partial charge in [-0.25, -0.2) is 4.98 Å². The molecule has 0 saturated carbocycles. The highest BCUT2D eigenvalue weighted by Crippen LogP contribution is 2.29. The van der Waals surface area contributed by atoms with Crippen LogP contribution in [-0.4, -0.2) is 21.6 Å². The Morgan fingerprint density at radius 2 is 2.24 bits per heavy atom. The van der Waals surface area contributed by atoms with Crippen molar-refractivity contribution in [3.63, 3.8) is 0 Å². The molecule has 1 heterocycles. The van der Waals surface area contributed by atoms with Gasteiger partial charge >= 0.3 is 0 Å². The van der Waals surface area contributed by atoms with Crippen LogP contribution in [0.25, 0.3) is 11.0 Å². The number of nitrogens with zero attached hydrogens (tertiary/aromatic N) is 2. The zero-order valence-corrected chi connectivity index (χ0v) is 12.1. The van der Waals surface area contributed by atoms with Crippen molar-refractivity contribution in [3.05, 3.63) is 29.0 Å². The Morgan fingerprint density at radius 3 is 2.88 bits per heavy atom. The summed E-state index contributed by atoms with van der Waals surface area (Å²) in [5.41, 5.74) is 1.91. The Hall–Kier alpha value is -0.380. The zero-order chi connectivity index (χ0) is 12.4. The van der Waals surface area contributed by atoms with Crippen molar-refractivity contribution in [2.45, 2.75) is 18.8 Å². The molecular weight excluding hydrogens is 275 g/mol. The van der Waals surface area contributed by atoms with E-state index >= 15 is 0 Å². The van der Waals surface area contributed by atoms with Crippen LogP contribution in [0.15, 0.2) is 18.2 Å². The third-order valence-electron chi connectivity index (χ3n) is 2.62. The predicted molar refractivity (Wildman–Crippen MR) is 77.4 cm³/mol. The summed E-state index contributed by atoms with van der Waals surface area (Å²) in [7, 11) is 0. The van der Waals surface area contributed by atoms with E-state index in [1.807, 2.05) is 25.1 Å². The number of benzene rings is 1. The standard InChI is InChI=1S/C12H14Cl2N2S/c1-8(13)12-15-10-5-3-4-9(14)11(10)16(12)6-7-17-2/h3-5,8H,6-7H2,1-2H3. The lowest BCUT2D eigenvalue weighted by molar-refractivity contribution is 0.724. The molecule has 0 aliphatic rings. The topological polar surface area (TPSA) is 17.8 Å². The number of rotatable bonds is 4. The Balaban J connectivity index is 2.60. The highest BCUT2D eigenvalue weighted by Gasteiger charge is 2.16. The van der Waals surface area contributed by atoms with Gasteiger partial charge in [0.05, 0.1) is 21.4 Å². The van der Waals surface area contributed by atoms with Crippen LogP contribution < -0.4 is 0 Å². The number of hydrogen-bond acceptors (Lipinski definition) is 2. The normalized spacial score (nSPS) is 13.2. The minimum atomic E-state index is -0.111. The van der Waals surface area contributed by atoms with E-state index in [2.05, 4.69) is 15.8 Å². The molecule has 0 fully saturated rings. The molecule has 0 radical (unpaired) electrons. The van der Waals surface area contributed by atoms with E-state index in [0.717, 1.165) is 34.2 Å². The van der Waals surface area contributed by atoms with Crippen LogP contribution in [0.1, 0.15) is 18.1 Å². The first-order chi connectivity index (χ1) is 8.15. The Kier molecular flexibility index (Phi) is 4.23. The van der Waals surface area contributed by atoms with Crippen LogP contribution in [0, 0.1) is 0 Å². The number of alkyl halides is 1. The number of halogens is 2. The number of aryl methyl sites for hydroxylation is 1. The van der Waals surface area contributed by atoms with Gasteiger partial charge in [0.25, 0.3) is 0 Å². The van der Waals surface area contributed by atoms with Crippen molar-refractivity contribution in [2.24, 2.45) is 0 Å². The third kappa shape index (κ3) is 2.56. The minimum Gasteiger partial charge on any atom is -0.325 e. The molecule has 2 nitrogen and oxygen atoms in total. The van der Waals surface area contributed by atoms with Gasteiger partial charge in [0, 0.05) is 12.3 Å². The van der Waals surface area contributed by atoms with E-state index in [1.54, 1.807) is 11.8 Å². The van der Waals surface area contributed by atoms with Gasteiger partial charge in [0.15, 0.2) is 0 Å². The molecule has 0 aliphatic carbocycles. The zero-order valence-electron chi connectivity index (χ0n) is 9.78. The summed E-state index contributed by atoms with van der Waals surface area (Å²) in [4.78, 5) is 4.56. The molecule has 0 saturated heterocycles. The predicted octanol–water partition coefficient (Wildman–Crippen LogP) is 4.35. The summed E-state index contributed by atoms with van der Waals surface area (Å²) >= 11 is 14.2. The maximum Gasteiger partial charge on any atom is 0.127 e. The second-order valence-electron chi connectivity index (χ2n) is 3.84. The van der Waals surface area contributed by atoms with E-state index in [0.29, 0.717) is 0 Å². The summed E-state index contributed by atoms with van der Waals surface area (Å²) in [6.45, 7) is 2.82. The Labute approximate surface area is 115 Å². The lowest BCUT2D eigenvalue weighted by Crippen LogP contribution is -2.06. The van der Waals surface area contributed by atoms with Gasteiger partial charge in [0.2, 0.25) is 0 Å². The molecule has 0 aliphatic heterocycles. The number of hydrogen-bond donors (Lipinski definition) is 0. The van der Waals surface area contributed by atoms with Gasteiger partial charge in [-0.2, -0.15) is 11.8 Å². The summed E-state index contributed by atoms with van der Waals surface area (Å²) < 4.78 is 2.13. The van der Waals surface area contributed by atoms with Gasteiger partial charge in [-0.05, 0) is 25.3 Å². The second kappa shape index (κ2) is 5.51. The molecule has 2 rings (SSSR count). The average molecular weight is 289 g/mol.